The van der Waals surface area contributed by atoms with Crippen LogP contribution in [0.5, 0.6) is 0 Å². The van der Waals surface area contributed by atoms with E-state index in [2.05, 4.69) is 10.2 Å². The van der Waals surface area contributed by atoms with Crippen LogP contribution >= 0.6 is 0 Å². The molecule has 19 heavy (non-hydrogen) atoms. The van der Waals surface area contributed by atoms with E-state index >= 15 is 0 Å². The number of amides is 2. The van der Waals surface area contributed by atoms with Gasteiger partial charge in [0.15, 0.2) is 0 Å². The van der Waals surface area contributed by atoms with Gasteiger partial charge in [-0.15, -0.1) is 0 Å². The zero-order valence-corrected chi connectivity index (χ0v) is 12.5. The van der Waals surface area contributed by atoms with Gasteiger partial charge in [0.05, 0.1) is 6.42 Å². The van der Waals surface area contributed by atoms with E-state index < -0.39 is 5.97 Å². The molecule has 0 saturated carbocycles. The highest BCUT2D eigenvalue weighted by atomic mass is 16.4. The molecule has 0 unspecified atom stereocenters. The summed E-state index contributed by atoms with van der Waals surface area (Å²) in [4.78, 5) is 26.1. The Kier molecular flexibility index (Phi) is 8.95. The van der Waals surface area contributed by atoms with Gasteiger partial charge in [0.1, 0.15) is 0 Å². The van der Waals surface area contributed by atoms with Gasteiger partial charge < -0.3 is 20.2 Å². The van der Waals surface area contributed by atoms with E-state index in [0.717, 1.165) is 19.4 Å². The fourth-order valence-electron chi connectivity index (χ4n) is 1.66. The second-order valence-corrected chi connectivity index (χ2v) is 5.17. The summed E-state index contributed by atoms with van der Waals surface area (Å²) in [7, 11) is 4.04. The lowest BCUT2D eigenvalue weighted by atomic mass is 10.3. The van der Waals surface area contributed by atoms with Crippen LogP contribution in [0.4, 0.5) is 4.79 Å². The van der Waals surface area contributed by atoms with Crippen molar-refractivity contribution in [1.82, 2.24) is 15.1 Å². The Morgan fingerprint density at radius 1 is 1.16 bits per heavy atom. The van der Waals surface area contributed by atoms with Gasteiger partial charge >= 0.3 is 12.0 Å². The van der Waals surface area contributed by atoms with E-state index in [1.807, 2.05) is 27.9 Å². The van der Waals surface area contributed by atoms with E-state index in [4.69, 9.17) is 5.11 Å². The second-order valence-electron chi connectivity index (χ2n) is 5.17. The second kappa shape index (κ2) is 9.61. The van der Waals surface area contributed by atoms with Crippen LogP contribution in [-0.2, 0) is 4.79 Å². The lowest BCUT2D eigenvalue weighted by molar-refractivity contribution is -0.137. The highest BCUT2D eigenvalue weighted by Crippen LogP contribution is 2.01. The molecule has 0 aliphatic rings. The van der Waals surface area contributed by atoms with Crippen molar-refractivity contribution in [2.75, 3.05) is 33.7 Å². The molecule has 6 nitrogen and oxygen atoms in total. The lowest BCUT2D eigenvalue weighted by Crippen LogP contribution is -2.45. The zero-order chi connectivity index (χ0) is 14.8. The number of unbranched alkanes of at least 4 members (excludes halogenated alkanes) is 1. The molecule has 0 bridgehead atoms. The number of carbonyl (C=O) groups excluding carboxylic acids is 1. The van der Waals surface area contributed by atoms with Crippen LogP contribution in [0.15, 0.2) is 0 Å². The van der Waals surface area contributed by atoms with E-state index in [-0.39, 0.29) is 25.0 Å². The number of hydrogen-bond acceptors (Lipinski definition) is 3. The van der Waals surface area contributed by atoms with Crippen molar-refractivity contribution in [1.29, 1.82) is 0 Å². The van der Waals surface area contributed by atoms with Crippen molar-refractivity contribution in [2.45, 2.75) is 39.2 Å². The third-order valence-electron chi connectivity index (χ3n) is 2.76. The number of aliphatic carboxylic acids is 1. The van der Waals surface area contributed by atoms with E-state index in [9.17, 15) is 9.59 Å². The first-order valence-electron chi connectivity index (χ1n) is 6.75. The summed E-state index contributed by atoms with van der Waals surface area (Å²) in [5, 5.41) is 11.5. The van der Waals surface area contributed by atoms with Gasteiger partial charge in [-0.25, -0.2) is 4.79 Å². The quantitative estimate of drug-likeness (QED) is 0.620. The number of carboxylic acids is 1. The average Bonchev–Trinajstić information content (AvgIpc) is 2.27. The Labute approximate surface area is 115 Å². The molecular weight excluding hydrogens is 246 g/mol. The van der Waals surface area contributed by atoms with Crippen molar-refractivity contribution in [3.05, 3.63) is 0 Å². The minimum Gasteiger partial charge on any atom is -0.481 e. The average molecular weight is 273 g/mol. The third-order valence-corrected chi connectivity index (χ3v) is 2.76. The lowest BCUT2D eigenvalue weighted by Gasteiger charge is -2.26. The largest absolute Gasteiger partial charge is 0.481 e. The molecule has 0 aromatic carbocycles. The molecule has 0 atom stereocenters. The first-order chi connectivity index (χ1) is 8.84. The van der Waals surface area contributed by atoms with Gasteiger partial charge in [0.2, 0.25) is 0 Å². The number of nitrogens with one attached hydrogen (secondary N) is 1. The molecule has 0 aliphatic carbocycles. The predicted octanol–water partition coefficient (Wildman–Crippen LogP) is 1.22. The highest BCUT2D eigenvalue weighted by molar-refractivity contribution is 5.75. The summed E-state index contributed by atoms with van der Waals surface area (Å²) >= 11 is 0. The summed E-state index contributed by atoms with van der Waals surface area (Å²) in [6.45, 7) is 5.64. The fourth-order valence-corrected chi connectivity index (χ4v) is 1.66. The summed E-state index contributed by atoms with van der Waals surface area (Å²) in [6.07, 6.45) is 1.94. The first kappa shape index (κ1) is 17.7. The van der Waals surface area contributed by atoms with Crippen LogP contribution in [0.25, 0.3) is 0 Å². The SMILES string of the molecule is CC(C)N(CCC(=O)O)C(=O)NCCCCN(C)C. The van der Waals surface area contributed by atoms with Crippen LogP contribution in [0, 0.1) is 0 Å². The summed E-state index contributed by atoms with van der Waals surface area (Å²) in [5.41, 5.74) is 0. The molecule has 0 rings (SSSR count). The Hall–Kier alpha value is -1.30. The molecular formula is C13H27N3O3. The molecule has 6 heteroatoms. The van der Waals surface area contributed by atoms with E-state index in [0.29, 0.717) is 6.54 Å². The molecule has 0 spiro atoms. The van der Waals surface area contributed by atoms with Crippen LogP contribution < -0.4 is 5.32 Å². The smallest absolute Gasteiger partial charge is 0.317 e. The normalized spacial score (nSPS) is 10.8. The van der Waals surface area contributed by atoms with Gasteiger partial charge in [0, 0.05) is 19.1 Å². The number of urea groups is 1. The molecule has 2 N–H and O–H groups in total. The maximum atomic E-state index is 11.9. The van der Waals surface area contributed by atoms with Gasteiger partial charge in [-0.05, 0) is 47.3 Å². The topological polar surface area (TPSA) is 72.9 Å². The Morgan fingerprint density at radius 3 is 2.26 bits per heavy atom. The standard InChI is InChI=1S/C13H27N3O3/c1-11(2)16(10-7-12(17)18)13(19)14-8-5-6-9-15(3)4/h11H,5-10H2,1-4H3,(H,14,19)(H,17,18). The predicted molar refractivity (Wildman–Crippen MR) is 75.3 cm³/mol. The van der Waals surface area contributed by atoms with E-state index in [1.165, 1.54) is 0 Å². The monoisotopic (exact) mass is 273 g/mol. The van der Waals surface area contributed by atoms with Crippen molar-refractivity contribution in [2.24, 2.45) is 0 Å². The molecule has 0 aromatic rings. The molecule has 0 saturated heterocycles. The minimum absolute atomic E-state index is 0.00104. The highest BCUT2D eigenvalue weighted by Gasteiger charge is 2.17. The van der Waals surface area contributed by atoms with Gasteiger partial charge in [-0.1, -0.05) is 0 Å². The van der Waals surface area contributed by atoms with Gasteiger partial charge in [-0.3, -0.25) is 4.79 Å². The number of carbonyl (C=O) groups is 2. The van der Waals surface area contributed by atoms with Crippen molar-refractivity contribution in [3.8, 4) is 0 Å². The number of hydrogen-bond donors (Lipinski definition) is 2. The van der Waals surface area contributed by atoms with Crippen LogP contribution in [0.3, 0.4) is 0 Å². The summed E-state index contributed by atoms with van der Waals surface area (Å²) < 4.78 is 0. The Bertz CT molecular complexity index is 280. The Balaban J connectivity index is 3.94. The minimum atomic E-state index is -0.885. The molecule has 2 amide bonds. The number of rotatable bonds is 9. The molecule has 112 valence electrons. The third kappa shape index (κ3) is 9.30. The molecule has 0 aromatic heterocycles. The van der Waals surface area contributed by atoms with Crippen molar-refractivity contribution in [3.63, 3.8) is 0 Å². The number of nitrogens with zero attached hydrogens (tertiary/aromatic N) is 2. The van der Waals surface area contributed by atoms with Gasteiger partial charge in [-0.2, -0.15) is 0 Å². The molecule has 0 heterocycles. The van der Waals surface area contributed by atoms with Crippen LogP contribution in [0.1, 0.15) is 33.1 Å². The van der Waals surface area contributed by atoms with E-state index in [1.54, 1.807) is 4.90 Å². The maximum absolute atomic E-state index is 11.9. The van der Waals surface area contributed by atoms with Crippen LogP contribution in [-0.4, -0.2) is 66.7 Å². The van der Waals surface area contributed by atoms with Crippen LogP contribution in [0.2, 0.25) is 0 Å². The van der Waals surface area contributed by atoms with Crippen molar-refractivity contribution < 1.29 is 14.7 Å². The zero-order valence-electron chi connectivity index (χ0n) is 12.5. The Morgan fingerprint density at radius 2 is 1.79 bits per heavy atom. The molecule has 0 aliphatic heterocycles. The molecule has 0 fully saturated rings. The fraction of sp³-hybridized carbons (Fsp3) is 0.846. The summed E-state index contributed by atoms with van der Waals surface area (Å²) in [6, 6.07) is -0.178. The first-order valence-corrected chi connectivity index (χ1v) is 6.75. The number of carboxylic acid groups (broad SMARTS) is 1. The molecule has 0 radical (unpaired) electrons. The maximum Gasteiger partial charge on any atom is 0.317 e. The summed E-state index contributed by atoms with van der Waals surface area (Å²) in [5.74, 6) is -0.885. The van der Waals surface area contributed by atoms with Gasteiger partial charge in [0.25, 0.3) is 0 Å². The van der Waals surface area contributed by atoms with Crippen molar-refractivity contribution >= 4 is 12.0 Å².